The van der Waals surface area contributed by atoms with Gasteiger partial charge in [0.05, 0.1) is 30.9 Å². The molecule has 2 amide bonds. The molecule has 3 aromatic rings. The van der Waals surface area contributed by atoms with Gasteiger partial charge in [0.1, 0.15) is 17.3 Å². The number of rotatable bonds is 6. The lowest BCUT2D eigenvalue weighted by molar-refractivity contribution is -0.117. The zero-order chi connectivity index (χ0) is 22.8. The van der Waals surface area contributed by atoms with Gasteiger partial charge in [-0.15, -0.1) is 11.3 Å². The highest BCUT2D eigenvalue weighted by Crippen LogP contribution is 2.39. The summed E-state index contributed by atoms with van der Waals surface area (Å²) in [5, 5.41) is 5.87. The molecule has 2 N–H and O–H groups in total. The lowest BCUT2D eigenvalue weighted by atomic mass is 10.1. The first-order valence-corrected chi connectivity index (χ1v) is 10.9. The number of thiazole rings is 1. The third kappa shape index (κ3) is 4.53. The van der Waals surface area contributed by atoms with Crippen molar-refractivity contribution < 1.29 is 23.5 Å². The molecule has 2 aromatic carbocycles. The molecule has 7 nitrogen and oxygen atoms in total. The largest absolute Gasteiger partial charge is 0.497 e. The van der Waals surface area contributed by atoms with Crippen LogP contribution < -0.4 is 20.1 Å². The zero-order valence-electron chi connectivity index (χ0n) is 17.2. The van der Waals surface area contributed by atoms with Crippen LogP contribution in [0.1, 0.15) is 33.3 Å². The summed E-state index contributed by atoms with van der Waals surface area (Å²) < 4.78 is 23.8. The number of hydrogen-bond donors (Lipinski definition) is 2. The van der Waals surface area contributed by atoms with E-state index >= 15 is 0 Å². The molecule has 0 saturated heterocycles. The Kier molecular flexibility index (Phi) is 6.29. The van der Waals surface area contributed by atoms with Gasteiger partial charge in [-0.3, -0.25) is 14.9 Å². The summed E-state index contributed by atoms with van der Waals surface area (Å²) in [5.41, 5.74) is 1.41. The first kappa shape index (κ1) is 22.0. The van der Waals surface area contributed by atoms with Crippen molar-refractivity contribution >= 4 is 45.6 Å². The van der Waals surface area contributed by atoms with Crippen LogP contribution in [0.3, 0.4) is 0 Å². The van der Waals surface area contributed by atoms with E-state index in [1.807, 2.05) is 0 Å². The first-order chi connectivity index (χ1) is 15.4. The number of fused-ring (bicyclic) bond motifs is 1. The maximum atomic E-state index is 13.3. The van der Waals surface area contributed by atoms with Crippen LogP contribution in [-0.4, -0.2) is 31.0 Å². The minimum Gasteiger partial charge on any atom is -0.497 e. The number of carbonyl (C=O) groups is 2. The van der Waals surface area contributed by atoms with Crippen molar-refractivity contribution in [2.45, 2.75) is 18.8 Å². The fourth-order valence-corrected chi connectivity index (χ4v) is 4.66. The van der Waals surface area contributed by atoms with Crippen molar-refractivity contribution in [1.29, 1.82) is 0 Å². The Morgan fingerprint density at radius 3 is 2.50 bits per heavy atom. The number of hydrogen-bond acceptors (Lipinski definition) is 6. The van der Waals surface area contributed by atoms with E-state index in [1.165, 1.54) is 43.8 Å². The molecule has 1 unspecified atom stereocenters. The lowest BCUT2D eigenvalue weighted by Gasteiger charge is -2.11. The number of nitrogens with zero attached hydrogens (tertiary/aromatic N) is 1. The van der Waals surface area contributed by atoms with E-state index in [2.05, 4.69) is 15.6 Å². The van der Waals surface area contributed by atoms with Gasteiger partial charge in [-0.1, -0.05) is 11.6 Å². The molecule has 32 heavy (non-hydrogen) atoms. The molecule has 0 bridgehead atoms. The number of anilines is 2. The minimum atomic E-state index is -0.554. The Labute approximate surface area is 192 Å². The Morgan fingerprint density at radius 2 is 1.84 bits per heavy atom. The SMILES string of the molecule is COc1cc(OC)cc(C(=O)Nc2nc3c(s2)CCC3C(=O)Nc2ccc(F)c(Cl)c2)c1. The third-order valence-electron chi connectivity index (χ3n) is 5.06. The fraction of sp³-hybridized carbons (Fsp3) is 0.227. The van der Waals surface area contributed by atoms with Gasteiger partial charge < -0.3 is 14.8 Å². The van der Waals surface area contributed by atoms with Gasteiger partial charge in [0, 0.05) is 22.2 Å². The smallest absolute Gasteiger partial charge is 0.257 e. The van der Waals surface area contributed by atoms with E-state index in [-0.39, 0.29) is 16.8 Å². The molecule has 1 aliphatic rings. The van der Waals surface area contributed by atoms with E-state index in [1.54, 1.807) is 18.2 Å². The highest BCUT2D eigenvalue weighted by molar-refractivity contribution is 7.16. The van der Waals surface area contributed by atoms with Gasteiger partial charge in [-0.05, 0) is 43.2 Å². The molecule has 0 aliphatic heterocycles. The number of benzene rings is 2. The predicted octanol–water partition coefficient (Wildman–Crippen LogP) is 4.87. The van der Waals surface area contributed by atoms with E-state index < -0.39 is 11.7 Å². The normalized spacial score (nSPS) is 14.6. The number of carbonyl (C=O) groups excluding carboxylic acids is 2. The first-order valence-electron chi connectivity index (χ1n) is 9.68. The molecule has 10 heteroatoms. The van der Waals surface area contributed by atoms with Gasteiger partial charge in [-0.25, -0.2) is 9.37 Å². The van der Waals surface area contributed by atoms with Crippen LogP contribution in [-0.2, 0) is 11.2 Å². The van der Waals surface area contributed by atoms with Crippen LogP contribution in [0.2, 0.25) is 5.02 Å². The lowest BCUT2D eigenvalue weighted by Crippen LogP contribution is -2.20. The molecule has 1 aromatic heterocycles. The van der Waals surface area contributed by atoms with Crippen molar-refractivity contribution in [2.75, 3.05) is 24.9 Å². The molecular formula is C22H19ClFN3O4S. The molecular weight excluding hydrogens is 457 g/mol. The molecule has 4 rings (SSSR count). The monoisotopic (exact) mass is 475 g/mol. The summed E-state index contributed by atoms with van der Waals surface area (Å²) >= 11 is 7.13. The number of methoxy groups -OCH3 is 2. The highest BCUT2D eigenvalue weighted by atomic mass is 35.5. The van der Waals surface area contributed by atoms with Gasteiger partial charge in [-0.2, -0.15) is 0 Å². The summed E-state index contributed by atoms with van der Waals surface area (Å²) in [5.74, 6) is -0.653. The second-order valence-electron chi connectivity index (χ2n) is 7.09. The topological polar surface area (TPSA) is 89.6 Å². The highest BCUT2D eigenvalue weighted by Gasteiger charge is 2.33. The van der Waals surface area contributed by atoms with E-state index in [9.17, 15) is 14.0 Å². The Bertz CT molecular complexity index is 1180. The van der Waals surface area contributed by atoms with Gasteiger partial charge in [0.25, 0.3) is 5.91 Å². The van der Waals surface area contributed by atoms with E-state index in [0.717, 1.165) is 4.88 Å². The van der Waals surface area contributed by atoms with E-state index in [0.29, 0.717) is 46.4 Å². The molecule has 0 spiro atoms. The molecule has 1 atom stereocenters. The predicted molar refractivity (Wildman–Crippen MR) is 121 cm³/mol. The molecule has 1 aliphatic carbocycles. The standard InChI is InChI=1S/C22H19ClFN3O4S/c1-30-13-7-11(8-14(10-13)31-2)20(28)27-22-26-19-15(4-6-18(19)32-22)21(29)25-12-3-5-17(24)16(23)9-12/h3,5,7-10,15H,4,6H2,1-2H3,(H,25,29)(H,26,27,28). The number of amides is 2. The number of ether oxygens (including phenoxy) is 2. The summed E-state index contributed by atoms with van der Waals surface area (Å²) in [6.45, 7) is 0. The molecule has 166 valence electrons. The van der Waals surface area contributed by atoms with Crippen LogP contribution in [0.4, 0.5) is 15.2 Å². The van der Waals surface area contributed by atoms with Crippen molar-refractivity contribution in [3.63, 3.8) is 0 Å². The second-order valence-corrected chi connectivity index (χ2v) is 8.58. The average molecular weight is 476 g/mol. The van der Waals surface area contributed by atoms with Gasteiger partial charge >= 0.3 is 0 Å². The van der Waals surface area contributed by atoms with Gasteiger partial charge in [0.15, 0.2) is 5.13 Å². The maximum Gasteiger partial charge on any atom is 0.257 e. The summed E-state index contributed by atoms with van der Waals surface area (Å²) in [4.78, 5) is 30.9. The number of nitrogens with one attached hydrogen (secondary N) is 2. The van der Waals surface area contributed by atoms with Crippen molar-refractivity contribution in [1.82, 2.24) is 4.98 Å². The fourth-order valence-electron chi connectivity index (χ4n) is 3.45. The molecule has 0 radical (unpaired) electrons. The summed E-state index contributed by atoms with van der Waals surface area (Å²) in [6.07, 6.45) is 1.29. The summed E-state index contributed by atoms with van der Waals surface area (Å²) in [6, 6.07) is 8.88. The Hall–Kier alpha value is -3.17. The van der Waals surface area contributed by atoms with Crippen molar-refractivity contribution in [2.24, 2.45) is 0 Å². The van der Waals surface area contributed by atoms with Crippen LogP contribution in [0.15, 0.2) is 36.4 Å². The average Bonchev–Trinajstić information content (AvgIpc) is 3.36. The van der Waals surface area contributed by atoms with Crippen molar-refractivity contribution in [3.8, 4) is 11.5 Å². The Morgan fingerprint density at radius 1 is 1.12 bits per heavy atom. The molecule has 0 fully saturated rings. The third-order valence-corrected chi connectivity index (χ3v) is 6.39. The van der Waals surface area contributed by atoms with Gasteiger partial charge in [0.2, 0.25) is 5.91 Å². The van der Waals surface area contributed by atoms with Crippen LogP contribution >= 0.6 is 22.9 Å². The zero-order valence-corrected chi connectivity index (χ0v) is 18.8. The quantitative estimate of drug-likeness (QED) is 0.530. The number of aromatic nitrogens is 1. The maximum absolute atomic E-state index is 13.3. The van der Waals surface area contributed by atoms with Crippen LogP contribution in [0.25, 0.3) is 0 Å². The van der Waals surface area contributed by atoms with Crippen LogP contribution in [0.5, 0.6) is 11.5 Å². The second kappa shape index (κ2) is 9.13. The number of halogens is 2. The van der Waals surface area contributed by atoms with Crippen molar-refractivity contribution in [3.05, 3.63) is 63.4 Å². The van der Waals surface area contributed by atoms with E-state index in [4.69, 9.17) is 21.1 Å². The summed E-state index contributed by atoms with van der Waals surface area (Å²) in [7, 11) is 3.01. The molecule has 0 saturated carbocycles. The number of aryl methyl sites for hydroxylation is 1. The van der Waals surface area contributed by atoms with Crippen LogP contribution in [0, 0.1) is 5.82 Å². The minimum absolute atomic E-state index is 0.0669. The molecule has 1 heterocycles. The Balaban J connectivity index is 1.48.